The van der Waals surface area contributed by atoms with Crippen molar-refractivity contribution in [1.29, 1.82) is 0 Å². The van der Waals surface area contributed by atoms with E-state index in [9.17, 15) is 5.11 Å². The van der Waals surface area contributed by atoms with Crippen LogP contribution >= 0.6 is 11.6 Å². The molecule has 6 heteroatoms. The average Bonchev–Trinajstić information content (AvgIpc) is 3.23. The van der Waals surface area contributed by atoms with Crippen LogP contribution in [0.2, 0.25) is 5.02 Å². The third-order valence-corrected chi connectivity index (χ3v) is 4.70. The van der Waals surface area contributed by atoms with Crippen molar-refractivity contribution >= 4 is 11.6 Å². The summed E-state index contributed by atoms with van der Waals surface area (Å²) < 4.78 is 1.70. The van der Waals surface area contributed by atoms with Gasteiger partial charge in [0, 0.05) is 17.6 Å². The lowest BCUT2D eigenvalue weighted by Crippen LogP contribution is -2.32. The van der Waals surface area contributed by atoms with E-state index in [4.69, 9.17) is 11.6 Å². The van der Waals surface area contributed by atoms with Gasteiger partial charge in [0.05, 0.1) is 11.8 Å². The number of hydrogen-bond acceptors (Lipinski definition) is 4. The Labute approximate surface area is 144 Å². The molecule has 0 aliphatic heterocycles. The van der Waals surface area contributed by atoms with Gasteiger partial charge in [0.1, 0.15) is 12.7 Å². The van der Waals surface area contributed by atoms with Gasteiger partial charge in [-0.1, -0.05) is 41.9 Å². The number of aliphatic hydroxyl groups excluding tert-OH is 1. The molecule has 0 fully saturated rings. The number of rotatable bonds is 4. The lowest BCUT2D eigenvalue weighted by molar-refractivity contribution is 0.141. The maximum Gasteiger partial charge on any atom is 0.138 e. The standard InChI is InChI=1S/C18H17ClN4O/c19-14-6-5-13(17(8-14)23-11-20-10-22-23)9-21-16-7-12-3-1-2-4-15(12)18(16)24/h1-6,8,10-11,16,18,21,24H,7,9H2/t16-,18-/m1/s1. The van der Waals surface area contributed by atoms with Gasteiger partial charge in [0.2, 0.25) is 0 Å². The Balaban J connectivity index is 1.53. The molecule has 4 rings (SSSR count). The molecule has 122 valence electrons. The summed E-state index contributed by atoms with van der Waals surface area (Å²) in [5.74, 6) is 0. The molecule has 3 aromatic rings. The molecular weight excluding hydrogens is 324 g/mol. The van der Waals surface area contributed by atoms with Crippen molar-refractivity contribution < 1.29 is 5.11 Å². The fourth-order valence-corrected chi connectivity index (χ4v) is 3.40. The summed E-state index contributed by atoms with van der Waals surface area (Å²) in [6.07, 6.45) is 3.48. The molecule has 2 atom stereocenters. The Morgan fingerprint density at radius 2 is 2.12 bits per heavy atom. The molecule has 0 radical (unpaired) electrons. The van der Waals surface area contributed by atoms with E-state index in [1.807, 2.05) is 36.4 Å². The van der Waals surface area contributed by atoms with Crippen LogP contribution in [-0.4, -0.2) is 25.9 Å². The molecule has 0 saturated heterocycles. The van der Waals surface area contributed by atoms with E-state index < -0.39 is 6.10 Å². The van der Waals surface area contributed by atoms with Gasteiger partial charge in [-0.2, -0.15) is 5.10 Å². The van der Waals surface area contributed by atoms with E-state index in [2.05, 4.69) is 21.5 Å². The quantitative estimate of drug-likeness (QED) is 0.766. The number of nitrogens with zero attached hydrogens (tertiary/aromatic N) is 3. The Morgan fingerprint density at radius 3 is 2.92 bits per heavy atom. The molecule has 2 aromatic carbocycles. The monoisotopic (exact) mass is 340 g/mol. The zero-order valence-corrected chi connectivity index (χ0v) is 13.7. The second kappa shape index (κ2) is 6.36. The van der Waals surface area contributed by atoms with E-state index in [0.29, 0.717) is 11.6 Å². The van der Waals surface area contributed by atoms with Gasteiger partial charge in [-0.05, 0) is 35.2 Å². The summed E-state index contributed by atoms with van der Waals surface area (Å²) in [5, 5.41) is 18.8. The van der Waals surface area contributed by atoms with Gasteiger partial charge < -0.3 is 10.4 Å². The molecular formula is C18H17ClN4O. The SMILES string of the molecule is O[C@@H]1c2ccccc2C[C@H]1NCc1ccc(Cl)cc1-n1cncn1. The maximum atomic E-state index is 10.5. The maximum absolute atomic E-state index is 10.5. The van der Waals surface area contributed by atoms with Crippen LogP contribution in [-0.2, 0) is 13.0 Å². The number of fused-ring (bicyclic) bond motifs is 1. The van der Waals surface area contributed by atoms with Crippen molar-refractivity contribution in [3.05, 3.63) is 76.8 Å². The van der Waals surface area contributed by atoms with Crippen molar-refractivity contribution in [2.75, 3.05) is 0 Å². The van der Waals surface area contributed by atoms with Crippen LogP contribution in [0.5, 0.6) is 0 Å². The number of halogens is 1. The summed E-state index contributed by atoms with van der Waals surface area (Å²) in [4.78, 5) is 3.99. The van der Waals surface area contributed by atoms with Gasteiger partial charge in [-0.15, -0.1) is 0 Å². The van der Waals surface area contributed by atoms with Crippen molar-refractivity contribution in [2.24, 2.45) is 0 Å². The number of hydrogen-bond donors (Lipinski definition) is 2. The van der Waals surface area contributed by atoms with Gasteiger partial charge in [0.15, 0.2) is 0 Å². The molecule has 1 aliphatic carbocycles. The number of nitrogens with one attached hydrogen (secondary N) is 1. The molecule has 0 bridgehead atoms. The van der Waals surface area contributed by atoms with Gasteiger partial charge in [-0.3, -0.25) is 0 Å². The highest BCUT2D eigenvalue weighted by Gasteiger charge is 2.30. The highest BCUT2D eigenvalue weighted by atomic mass is 35.5. The molecule has 1 heterocycles. The normalized spacial score (nSPS) is 19.4. The van der Waals surface area contributed by atoms with Crippen molar-refractivity contribution in [3.8, 4) is 5.69 Å². The zero-order chi connectivity index (χ0) is 16.5. The van der Waals surface area contributed by atoms with Crippen LogP contribution in [0.15, 0.2) is 55.1 Å². The summed E-state index contributed by atoms with van der Waals surface area (Å²) >= 11 is 6.12. The zero-order valence-electron chi connectivity index (χ0n) is 12.9. The summed E-state index contributed by atoms with van der Waals surface area (Å²) in [6.45, 7) is 0.613. The molecule has 24 heavy (non-hydrogen) atoms. The topological polar surface area (TPSA) is 63.0 Å². The minimum atomic E-state index is -0.483. The molecule has 1 aromatic heterocycles. The summed E-state index contributed by atoms with van der Waals surface area (Å²) in [5.41, 5.74) is 4.16. The van der Waals surface area contributed by atoms with Crippen molar-refractivity contribution in [1.82, 2.24) is 20.1 Å². The number of aromatic nitrogens is 3. The average molecular weight is 341 g/mol. The Morgan fingerprint density at radius 1 is 1.25 bits per heavy atom. The minimum Gasteiger partial charge on any atom is -0.387 e. The van der Waals surface area contributed by atoms with Crippen molar-refractivity contribution in [3.63, 3.8) is 0 Å². The van der Waals surface area contributed by atoms with Crippen LogP contribution in [0.1, 0.15) is 22.8 Å². The second-order valence-corrected chi connectivity index (χ2v) is 6.38. The molecule has 0 unspecified atom stereocenters. The Hall–Kier alpha value is -2.21. The summed E-state index contributed by atoms with van der Waals surface area (Å²) in [7, 11) is 0. The molecule has 0 spiro atoms. The second-order valence-electron chi connectivity index (χ2n) is 5.95. The highest BCUT2D eigenvalue weighted by molar-refractivity contribution is 6.30. The minimum absolute atomic E-state index is 0.00155. The largest absolute Gasteiger partial charge is 0.387 e. The lowest BCUT2D eigenvalue weighted by Gasteiger charge is -2.18. The van der Waals surface area contributed by atoms with Crippen LogP contribution in [0, 0.1) is 0 Å². The van der Waals surface area contributed by atoms with E-state index in [1.165, 1.54) is 11.9 Å². The third kappa shape index (κ3) is 2.82. The lowest BCUT2D eigenvalue weighted by atomic mass is 10.1. The van der Waals surface area contributed by atoms with Crippen molar-refractivity contribution in [2.45, 2.75) is 25.1 Å². The predicted molar refractivity (Wildman–Crippen MR) is 92.1 cm³/mol. The molecule has 0 saturated carbocycles. The number of benzene rings is 2. The molecule has 1 aliphatic rings. The van der Waals surface area contributed by atoms with Crippen LogP contribution in [0.4, 0.5) is 0 Å². The summed E-state index contributed by atoms with van der Waals surface area (Å²) in [6, 6.07) is 13.7. The van der Waals surface area contributed by atoms with E-state index in [-0.39, 0.29) is 6.04 Å². The predicted octanol–water partition coefficient (Wildman–Crippen LogP) is 2.67. The first-order valence-corrected chi connectivity index (χ1v) is 8.23. The first kappa shape index (κ1) is 15.3. The van der Waals surface area contributed by atoms with E-state index in [0.717, 1.165) is 23.2 Å². The third-order valence-electron chi connectivity index (χ3n) is 4.46. The van der Waals surface area contributed by atoms with Gasteiger partial charge in [-0.25, -0.2) is 9.67 Å². The fourth-order valence-electron chi connectivity index (χ4n) is 3.23. The molecule has 5 nitrogen and oxygen atoms in total. The smallest absolute Gasteiger partial charge is 0.138 e. The molecule has 0 amide bonds. The van der Waals surface area contributed by atoms with Gasteiger partial charge in [0.25, 0.3) is 0 Å². The first-order valence-electron chi connectivity index (χ1n) is 7.85. The number of aliphatic hydroxyl groups is 1. The van der Waals surface area contributed by atoms with Gasteiger partial charge >= 0.3 is 0 Å². The first-order chi connectivity index (χ1) is 11.7. The Kier molecular flexibility index (Phi) is 4.06. The van der Waals surface area contributed by atoms with Crippen LogP contribution in [0.3, 0.4) is 0 Å². The van der Waals surface area contributed by atoms with Crippen LogP contribution in [0.25, 0.3) is 5.69 Å². The fraction of sp³-hybridized carbons (Fsp3) is 0.222. The van der Waals surface area contributed by atoms with E-state index in [1.54, 1.807) is 11.0 Å². The van der Waals surface area contributed by atoms with Crippen LogP contribution < -0.4 is 5.32 Å². The molecule has 2 N–H and O–H groups in total. The highest BCUT2D eigenvalue weighted by Crippen LogP contribution is 2.31. The Bertz CT molecular complexity index is 850. The van der Waals surface area contributed by atoms with E-state index >= 15 is 0 Å².